The van der Waals surface area contributed by atoms with Gasteiger partial charge in [-0.3, -0.25) is 4.90 Å². The molecule has 1 aromatic rings. The maximum atomic E-state index is 3.36. The Kier molecular flexibility index (Phi) is 5.00. The minimum Gasteiger partial charge on any atom is -0.319 e. The number of benzene rings is 1. The maximum Gasteiger partial charge on any atom is 0.0385 e. The Balaban J connectivity index is 2.20. The second kappa shape index (κ2) is 6.53. The van der Waals surface area contributed by atoms with E-state index in [0.29, 0.717) is 12.0 Å². The zero-order valence-corrected chi connectivity index (χ0v) is 12.8. The topological polar surface area (TPSA) is 15.3 Å². The Morgan fingerprint density at radius 2 is 1.95 bits per heavy atom. The molecule has 1 N–H and O–H groups in total. The summed E-state index contributed by atoms with van der Waals surface area (Å²) in [6.45, 7) is 6.84. The Labute approximate surface area is 118 Å². The summed E-state index contributed by atoms with van der Waals surface area (Å²) in [5.41, 5.74) is 2.92. The predicted octanol–water partition coefficient (Wildman–Crippen LogP) is 3.41. The molecule has 2 atom stereocenters. The van der Waals surface area contributed by atoms with E-state index in [-0.39, 0.29) is 0 Å². The average molecular weight is 260 g/mol. The molecule has 2 nitrogen and oxygen atoms in total. The molecule has 0 bridgehead atoms. The highest BCUT2D eigenvalue weighted by Gasteiger charge is 2.29. The number of piperidine rings is 1. The van der Waals surface area contributed by atoms with Gasteiger partial charge in [0.15, 0.2) is 0 Å². The van der Waals surface area contributed by atoms with E-state index in [0.717, 1.165) is 12.5 Å². The van der Waals surface area contributed by atoms with Gasteiger partial charge in [0, 0.05) is 6.04 Å². The van der Waals surface area contributed by atoms with Gasteiger partial charge in [0.05, 0.1) is 0 Å². The minimum atomic E-state index is 0.572. The van der Waals surface area contributed by atoms with Crippen molar-refractivity contribution in [3.8, 4) is 0 Å². The fourth-order valence-electron chi connectivity index (χ4n) is 3.34. The zero-order chi connectivity index (χ0) is 13.8. The molecule has 1 heterocycles. The minimum absolute atomic E-state index is 0.572. The predicted molar refractivity (Wildman–Crippen MR) is 82.6 cm³/mol. The highest BCUT2D eigenvalue weighted by Crippen LogP contribution is 2.35. The van der Waals surface area contributed by atoms with E-state index in [9.17, 15) is 0 Å². The Morgan fingerprint density at radius 1 is 1.26 bits per heavy atom. The van der Waals surface area contributed by atoms with Crippen LogP contribution in [0.5, 0.6) is 0 Å². The van der Waals surface area contributed by atoms with Gasteiger partial charge in [-0.1, -0.05) is 38.1 Å². The summed E-state index contributed by atoms with van der Waals surface area (Å²) >= 11 is 0. The van der Waals surface area contributed by atoms with Gasteiger partial charge in [0.1, 0.15) is 0 Å². The largest absolute Gasteiger partial charge is 0.319 e. The summed E-state index contributed by atoms with van der Waals surface area (Å²) in [6.07, 6.45) is 2.66. The number of rotatable bonds is 4. The third-order valence-electron chi connectivity index (χ3n) is 4.42. The van der Waals surface area contributed by atoms with E-state index >= 15 is 0 Å². The van der Waals surface area contributed by atoms with Crippen LogP contribution in [-0.4, -0.2) is 32.1 Å². The van der Waals surface area contributed by atoms with Crippen LogP contribution in [0.1, 0.15) is 49.8 Å². The van der Waals surface area contributed by atoms with Gasteiger partial charge in [-0.05, 0) is 63.0 Å². The Morgan fingerprint density at radius 3 is 2.53 bits per heavy atom. The first-order valence-electron chi connectivity index (χ1n) is 7.58. The van der Waals surface area contributed by atoms with Crippen molar-refractivity contribution in [2.45, 2.75) is 38.6 Å². The SMILES string of the molecule is CNCC1CCCN(C)C1c1ccc(C(C)C)cc1. The lowest BCUT2D eigenvalue weighted by Gasteiger charge is -2.39. The molecule has 2 rings (SSSR count). The van der Waals surface area contributed by atoms with Gasteiger partial charge < -0.3 is 5.32 Å². The van der Waals surface area contributed by atoms with Gasteiger partial charge in [0.25, 0.3) is 0 Å². The third-order valence-corrected chi connectivity index (χ3v) is 4.42. The molecule has 2 heteroatoms. The first-order chi connectivity index (χ1) is 9.13. The molecule has 2 unspecified atom stereocenters. The second-order valence-electron chi connectivity index (χ2n) is 6.21. The van der Waals surface area contributed by atoms with Crippen LogP contribution in [0.2, 0.25) is 0 Å². The molecule has 1 aliphatic heterocycles. The second-order valence-corrected chi connectivity index (χ2v) is 6.21. The summed E-state index contributed by atoms with van der Waals surface area (Å²) < 4.78 is 0. The fourth-order valence-corrected chi connectivity index (χ4v) is 3.34. The molecular formula is C17H28N2. The molecular weight excluding hydrogens is 232 g/mol. The van der Waals surface area contributed by atoms with Gasteiger partial charge in [0.2, 0.25) is 0 Å². The molecule has 0 aliphatic carbocycles. The first-order valence-corrected chi connectivity index (χ1v) is 7.58. The van der Waals surface area contributed by atoms with E-state index in [1.165, 1.54) is 30.5 Å². The third kappa shape index (κ3) is 3.37. The number of nitrogens with one attached hydrogen (secondary N) is 1. The van der Waals surface area contributed by atoms with Crippen molar-refractivity contribution in [1.82, 2.24) is 10.2 Å². The highest BCUT2D eigenvalue weighted by molar-refractivity contribution is 5.27. The zero-order valence-electron chi connectivity index (χ0n) is 12.8. The summed E-state index contributed by atoms with van der Waals surface area (Å²) in [6, 6.07) is 9.86. The van der Waals surface area contributed by atoms with Crippen LogP contribution in [0, 0.1) is 5.92 Å². The fraction of sp³-hybridized carbons (Fsp3) is 0.647. The lowest BCUT2D eigenvalue weighted by molar-refractivity contribution is 0.121. The number of hydrogen-bond donors (Lipinski definition) is 1. The van der Waals surface area contributed by atoms with Crippen molar-refractivity contribution in [3.05, 3.63) is 35.4 Å². The lowest BCUT2D eigenvalue weighted by atomic mass is 9.84. The molecule has 0 radical (unpaired) electrons. The average Bonchev–Trinajstić information content (AvgIpc) is 2.39. The molecule has 106 valence electrons. The molecule has 19 heavy (non-hydrogen) atoms. The first kappa shape index (κ1) is 14.5. The standard InChI is InChI=1S/C17H28N2/c1-13(2)14-7-9-15(10-8-14)17-16(12-18-3)6-5-11-19(17)4/h7-10,13,16-18H,5-6,11-12H2,1-4H3. The smallest absolute Gasteiger partial charge is 0.0385 e. The summed E-state index contributed by atoms with van der Waals surface area (Å²) in [5, 5.41) is 3.36. The van der Waals surface area contributed by atoms with Crippen LogP contribution in [-0.2, 0) is 0 Å². The molecule has 1 aromatic carbocycles. The van der Waals surface area contributed by atoms with Crippen molar-refractivity contribution in [2.75, 3.05) is 27.2 Å². The summed E-state index contributed by atoms with van der Waals surface area (Å²) in [5.74, 6) is 1.35. The number of hydrogen-bond acceptors (Lipinski definition) is 2. The number of nitrogens with zero attached hydrogens (tertiary/aromatic N) is 1. The van der Waals surface area contributed by atoms with Crippen molar-refractivity contribution < 1.29 is 0 Å². The molecule has 0 aromatic heterocycles. The number of likely N-dealkylation sites (tertiary alicyclic amines) is 1. The highest BCUT2D eigenvalue weighted by atomic mass is 15.1. The van der Waals surface area contributed by atoms with Crippen LogP contribution in [0.3, 0.4) is 0 Å². The molecule has 0 amide bonds. The molecule has 0 spiro atoms. The molecule has 1 fully saturated rings. The van der Waals surface area contributed by atoms with E-state index in [2.05, 4.69) is 62.4 Å². The monoisotopic (exact) mass is 260 g/mol. The van der Waals surface area contributed by atoms with Gasteiger partial charge in [-0.25, -0.2) is 0 Å². The van der Waals surface area contributed by atoms with Crippen LogP contribution < -0.4 is 5.32 Å². The molecule has 1 aliphatic rings. The summed E-state index contributed by atoms with van der Waals surface area (Å²) in [4.78, 5) is 2.52. The molecule has 1 saturated heterocycles. The van der Waals surface area contributed by atoms with Gasteiger partial charge >= 0.3 is 0 Å². The maximum absolute atomic E-state index is 3.36. The van der Waals surface area contributed by atoms with Crippen molar-refractivity contribution in [1.29, 1.82) is 0 Å². The quantitative estimate of drug-likeness (QED) is 0.892. The van der Waals surface area contributed by atoms with E-state index in [4.69, 9.17) is 0 Å². The Bertz CT molecular complexity index is 381. The van der Waals surface area contributed by atoms with Crippen LogP contribution in [0.15, 0.2) is 24.3 Å². The van der Waals surface area contributed by atoms with E-state index < -0.39 is 0 Å². The van der Waals surface area contributed by atoms with Crippen molar-refractivity contribution in [2.24, 2.45) is 5.92 Å². The Hall–Kier alpha value is -0.860. The van der Waals surface area contributed by atoms with Crippen LogP contribution in [0.25, 0.3) is 0 Å². The normalized spacial score (nSPS) is 24.9. The van der Waals surface area contributed by atoms with E-state index in [1.54, 1.807) is 0 Å². The van der Waals surface area contributed by atoms with Crippen molar-refractivity contribution in [3.63, 3.8) is 0 Å². The van der Waals surface area contributed by atoms with Crippen LogP contribution in [0.4, 0.5) is 0 Å². The van der Waals surface area contributed by atoms with Gasteiger partial charge in [-0.2, -0.15) is 0 Å². The molecule has 0 saturated carbocycles. The van der Waals surface area contributed by atoms with E-state index in [1.807, 2.05) is 0 Å². The summed E-state index contributed by atoms with van der Waals surface area (Å²) in [7, 11) is 4.33. The van der Waals surface area contributed by atoms with Gasteiger partial charge in [-0.15, -0.1) is 0 Å². The van der Waals surface area contributed by atoms with Crippen LogP contribution >= 0.6 is 0 Å². The van der Waals surface area contributed by atoms with Crippen molar-refractivity contribution >= 4 is 0 Å². The lowest BCUT2D eigenvalue weighted by Crippen LogP contribution is -2.39.